The van der Waals surface area contributed by atoms with Gasteiger partial charge in [-0.15, -0.1) is 5.10 Å². The van der Waals surface area contributed by atoms with E-state index in [2.05, 4.69) is 69.1 Å². The van der Waals surface area contributed by atoms with E-state index < -0.39 is 0 Å². The Labute approximate surface area is 195 Å². The van der Waals surface area contributed by atoms with Crippen molar-refractivity contribution in [1.29, 1.82) is 0 Å². The van der Waals surface area contributed by atoms with Crippen molar-refractivity contribution in [3.05, 3.63) is 79.0 Å². The third-order valence-corrected chi connectivity index (χ3v) is 6.86. The SMILES string of the molecule is CN1C[C@@H]2C[C@H](C1)c1ccc(COCc3cn(Cc4cccc(I)c4)nn3)c(=O)n1C2. The molecule has 0 aliphatic carbocycles. The van der Waals surface area contributed by atoms with Gasteiger partial charge in [0.1, 0.15) is 5.69 Å². The number of piperidine rings is 1. The summed E-state index contributed by atoms with van der Waals surface area (Å²) >= 11 is 2.31. The molecule has 2 aliphatic heterocycles. The summed E-state index contributed by atoms with van der Waals surface area (Å²) in [6.07, 6.45) is 3.09. The molecule has 0 N–H and O–H groups in total. The van der Waals surface area contributed by atoms with Crippen LogP contribution in [0.2, 0.25) is 0 Å². The van der Waals surface area contributed by atoms with Crippen molar-refractivity contribution in [2.45, 2.75) is 38.6 Å². The molecule has 4 heterocycles. The molecule has 162 valence electrons. The molecule has 0 unspecified atom stereocenters. The van der Waals surface area contributed by atoms with E-state index in [0.29, 0.717) is 30.6 Å². The van der Waals surface area contributed by atoms with Gasteiger partial charge in [0, 0.05) is 40.4 Å². The fourth-order valence-corrected chi connectivity index (χ4v) is 5.52. The molecule has 2 atom stereocenters. The Morgan fingerprint density at radius 2 is 2.06 bits per heavy atom. The standard InChI is InChI=1S/C23H26IN5O2/c1-27-9-17-7-19(12-27)22-6-5-18(23(30)29(22)11-17)14-31-15-21-13-28(26-25-21)10-16-3-2-4-20(24)8-16/h2-6,8,13,17,19H,7,9-12,14-15H2,1H3/t17-,19+/m0/s1. The van der Waals surface area contributed by atoms with Crippen molar-refractivity contribution in [2.75, 3.05) is 20.1 Å². The van der Waals surface area contributed by atoms with Gasteiger partial charge < -0.3 is 14.2 Å². The number of rotatable bonds is 6. The average molecular weight is 531 g/mol. The second kappa shape index (κ2) is 8.84. The summed E-state index contributed by atoms with van der Waals surface area (Å²) < 4.78 is 10.8. The van der Waals surface area contributed by atoms with Gasteiger partial charge in [0.15, 0.2) is 0 Å². The zero-order chi connectivity index (χ0) is 21.4. The highest BCUT2D eigenvalue weighted by Crippen LogP contribution is 2.34. The van der Waals surface area contributed by atoms with Gasteiger partial charge in [0.2, 0.25) is 0 Å². The van der Waals surface area contributed by atoms with Gasteiger partial charge in [0.05, 0.1) is 26.0 Å². The molecule has 8 heteroatoms. The molecule has 31 heavy (non-hydrogen) atoms. The molecule has 5 rings (SSSR count). The molecule has 1 saturated heterocycles. The van der Waals surface area contributed by atoms with E-state index >= 15 is 0 Å². The number of hydrogen-bond acceptors (Lipinski definition) is 5. The smallest absolute Gasteiger partial charge is 0.256 e. The van der Waals surface area contributed by atoms with E-state index in [0.717, 1.165) is 25.3 Å². The fraction of sp³-hybridized carbons (Fsp3) is 0.435. The Hall–Kier alpha value is -2.04. The highest BCUT2D eigenvalue weighted by molar-refractivity contribution is 14.1. The van der Waals surface area contributed by atoms with Crippen LogP contribution in [0.5, 0.6) is 0 Å². The summed E-state index contributed by atoms with van der Waals surface area (Å²) in [5.41, 5.74) is 3.93. The summed E-state index contributed by atoms with van der Waals surface area (Å²) in [7, 11) is 2.17. The zero-order valence-electron chi connectivity index (χ0n) is 17.6. The number of fused-ring (bicyclic) bond motifs is 4. The summed E-state index contributed by atoms with van der Waals surface area (Å²) in [6, 6.07) is 12.4. The normalized spacial score (nSPS) is 20.6. The Morgan fingerprint density at radius 1 is 1.16 bits per heavy atom. The molecule has 2 bridgehead atoms. The number of halogens is 1. The van der Waals surface area contributed by atoms with Crippen LogP contribution in [-0.4, -0.2) is 44.6 Å². The lowest BCUT2D eigenvalue weighted by molar-refractivity contribution is 0.102. The van der Waals surface area contributed by atoms with Crippen LogP contribution in [0.3, 0.4) is 0 Å². The number of likely N-dealkylation sites (N-methyl/N-ethyl adjacent to an activating group) is 1. The molecule has 0 radical (unpaired) electrons. The minimum absolute atomic E-state index is 0.0964. The predicted molar refractivity (Wildman–Crippen MR) is 126 cm³/mol. The first-order valence-corrected chi connectivity index (χ1v) is 11.8. The highest BCUT2D eigenvalue weighted by atomic mass is 127. The van der Waals surface area contributed by atoms with E-state index in [1.807, 2.05) is 27.6 Å². The molecular formula is C23H26IN5O2. The van der Waals surface area contributed by atoms with Crippen molar-refractivity contribution in [1.82, 2.24) is 24.5 Å². The number of nitrogens with zero attached hydrogens (tertiary/aromatic N) is 5. The van der Waals surface area contributed by atoms with Gasteiger partial charge in [-0.1, -0.05) is 17.3 Å². The molecule has 1 fully saturated rings. The maximum absolute atomic E-state index is 13.0. The Balaban J connectivity index is 1.21. The van der Waals surface area contributed by atoms with Crippen LogP contribution in [0.25, 0.3) is 0 Å². The van der Waals surface area contributed by atoms with Gasteiger partial charge >= 0.3 is 0 Å². The number of pyridine rings is 1. The molecular weight excluding hydrogens is 505 g/mol. The van der Waals surface area contributed by atoms with Crippen LogP contribution in [0.15, 0.2) is 47.4 Å². The quantitative estimate of drug-likeness (QED) is 0.458. The molecule has 0 saturated carbocycles. The molecule has 2 aromatic heterocycles. The minimum Gasteiger partial charge on any atom is -0.370 e. The summed E-state index contributed by atoms with van der Waals surface area (Å²) in [4.78, 5) is 15.4. The van der Waals surface area contributed by atoms with E-state index in [1.54, 1.807) is 0 Å². The third kappa shape index (κ3) is 4.61. The summed E-state index contributed by atoms with van der Waals surface area (Å²) in [5, 5.41) is 8.40. The number of ether oxygens (including phenoxy) is 1. The van der Waals surface area contributed by atoms with Crippen molar-refractivity contribution in [2.24, 2.45) is 5.92 Å². The van der Waals surface area contributed by atoms with Crippen LogP contribution >= 0.6 is 22.6 Å². The van der Waals surface area contributed by atoms with Gasteiger partial charge in [-0.2, -0.15) is 0 Å². The van der Waals surface area contributed by atoms with E-state index in [4.69, 9.17) is 4.74 Å². The monoisotopic (exact) mass is 531 g/mol. The second-order valence-electron chi connectivity index (χ2n) is 8.75. The summed E-state index contributed by atoms with van der Waals surface area (Å²) in [5.74, 6) is 1.02. The lowest BCUT2D eigenvalue weighted by Gasteiger charge is -2.41. The van der Waals surface area contributed by atoms with Crippen molar-refractivity contribution in [3.63, 3.8) is 0 Å². The first kappa shape index (κ1) is 20.8. The molecule has 0 amide bonds. The van der Waals surface area contributed by atoms with E-state index in [9.17, 15) is 4.79 Å². The zero-order valence-corrected chi connectivity index (χ0v) is 19.7. The first-order chi connectivity index (χ1) is 15.0. The summed E-state index contributed by atoms with van der Waals surface area (Å²) in [6.45, 7) is 4.22. The molecule has 7 nitrogen and oxygen atoms in total. The van der Waals surface area contributed by atoms with Crippen LogP contribution in [0.1, 0.15) is 34.9 Å². The van der Waals surface area contributed by atoms with Crippen molar-refractivity contribution in [3.8, 4) is 0 Å². The maximum Gasteiger partial charge on any atom is 0.256 e. The van der Waals surface area contributed by atoms with Gasteiger partial charge in [-0.3, -0.25) is 4.79 Å². The number of likely N-dealkylation sites (tertiary alicyclic amines) is 1. The van der Waals surface area contributed by atoms with Crippen LogP contribution in [-0.2, 0) is 31.0 Å². The average Bonchev–Trinajstić information content (AvgIpc) is 3.17. The largest absolute Gasteiger partial charge is 0.370 e. The van der Waals surface area contributed by atoms with Gasteiger partial charge in [0.25, 0.3) is 5.56 Å². The lowest BCUT2D eigenvalue weighted by Crippen LogP contribution is -2.46. The number of hydrogen-bond donors (Lipinski definition) is 0. The van der Waals surface area contributed by atoms with Crippen molar-refractivity contribution >= 4 is 22.6 Å². The first-order valence-electron chi connectivity index (χ1n) is 10.7. The predicted octanol–water partition coefficient (Wildman–Crippen LogP) is 2.86. The molecule has 3 aromatic rings. The molecule has 2 aliphatic rings. The van der Waals surface area contributed by atoms with Crippen LogP contribution in [0, 0.1) is 9.49 Å². The van der Waals surface area contributed by atoms with Crippen LogP contribution in [0.4, 0.5) is 0 Å². The van der Waals surface area contributed by atoms with Crippen molar-refractivity contribution < 1.29 is 4.74 Å². The van der Waals surface area contributed by atoms with E-state index in [-0.39, 0.29) is 12.2 Å². The highest BCUT2D eigenvalue weighted by Gasteiger charge is 2.33. The number of benzene rings is 1. The third-order valence-electron chi connectivity index (χ3n) is 6.19. The lowest BCUT2D eigenvalue weighted by atomic mass is 9.83. The molecule has 1 aromatic carbocycles. The number of aromatic nitrogens is 4. The topological polar surface area (TPSA) is 65.2 Å². The second-order valence-corrected chi connectivity index (χ2v) is 9.99. The minimum atomic E-state index is 0.0964. The van der Waals surface area contributed by atoms with Crippen LogP contribution < -0.4 is 5.56 Å². The fourth-order valence-electron chi connectivity index (χ4n) is 4.91. The van der Waals surface area contributed by atoms with E-state index in [1.165, 1.54) is 21.2 Å². The van der Waals surface area contributed by atoms with Gasteiger partial charge in [-0.25, -0.2) is 4.68 Å². The molecule has 0 spiro atoms. The van der Waals surface area contributed by atoms with Gasteiger partial charge in [-0.05, 0) is 71.8 Å². The maximum atomic E-state index is 13.0. The Kier molecular flexibility index (Phi) is 5.94. The Bertz CT molecular complexity index is 1140. The Morgan fingerprint density at radius 3 is 2.94 bits per heavy atom.